The quantitative estimate of drug-likeness (QED) is 0.443. The molecule has 0 bridgehead atoms. The third kappa shape index (κ3) is 4.57. The molecule has 5 nitrogen and oxygen atoms in total. The van der Waals surface area contributed by atoms with E-state index in [1.807, 2.05) is 24.3 Å². The topological polar surface area (TPSA) is 84.5 Å². The molecule has 0 heterocycles. The fourth-order valence-electron chi connectivity index (χ4n) is 3.44. The molecular formula is C21H21ClFN3O2. The molecule has 0 fully saturated rings. The molecule has 0 spiro atoms. The van der Waals surface area contributed by atoms with Gasteiger partial charge in [-0.15, -0.1) is 0 Å². The van der Waals surface area contributed by atoms with E-state index >= 15 is 0 Å². The molecule has 0 aliphatic heterocycles. The molecule has 0 unspecified atom stereocenters. The van der Waals surface area contributed by atoms with E-state index in [4.69, 9.17) is 17.3 Å². The second-order valence-corrected chi connectivity index (χ2v) is 7.35. The van der Waals surface area contributed by atoms with Crippen molar-refractivity contribution in [3.63, 3.8) is 0 Å². The van der Waals surface area contributed by atoms with Gasteiger partial charge in [-0.2, -0.15) is 0 Å². The van der Waals surface area contributed by atoms with E-state index in [0.717, 1.165) is 17.5 Å². The van der Waals surface area contributed by atoms with Crippen molar-refractivity contribution in [2.24, 2.45) is 16.6 Å². The molecule has 2 aromatic rings. The van der Waals surface area contributed by atoms with Crippen molar-refractivity contribution in [2.45, 2.75) is 25.8 Å². The van der Waals surface area contributed by atoms with Crippen LogP contribution in [0.4, 0.5) is 4.39 Å². The van der Waals surface area contributed by atoms with Crippen molar-refractivity contribution >= 4 is 29.1 Å². The second kappa shape index (κ2) is 8.52. The van der Waals surface area contributed by atoms with Crippen LogP contribution in [-0.2, 0) is 22.4 Å². The van der Waals surface area contributed by atoms with Crippen LogP contribution >= 0.6 is 11.6 Å². The summed E-state index contributed by atoms with van der Waals surface area (Å²) in [6.07, 6.45) is 0.549. The molecule has 0 saturated heterocycles. The number of halogens is 2. The van der Waals surface area contributed by atoms with E-state index in [9.17, 15) is 14.0 Å². The Bertz CT molecular complexity index is 941. The lowest BCUT2D eigenvalue weighted by Crippen LogP contribution is -2.38. The SMILES string of the molecule is CC(N)=NC[C@H]1Cc2ccccc2[C@@H]1NC(=O)C(=O)Cc1ccc(Cl)c(F)c1. The van der Waals surface area contributed by atoms with Crippen LogP contribution < -0.4 is 11.1 Å². The predicted octanol–water partition coefficient (Wildman–Crippen LogP) is 3.00. The van der Waals surface area contributed by atoms with Crippen LogP contribution in [0.5, 0.6) is 0 Å². The lowest BCUT2D eigenvalue weighted by molar-refractivity contribution is -0.138. The van der Waals surface area contributed by atoms with E-state index < -0.39 is 17.5 Å². The molecule has 0 radical (unpaired) electrons. The van der Waals surface area contributed by atoms with E-state index in [-0.39, 0.29) is 23.4 Å². The van der Waals surface area contributed by atoms with Crippen molar-refractivity contribution in [3.8, 4) is 0 Å². The number of nitrogens with one attached hydrogen (secondary N) is 1. The van der Waals surface area contributed by atoms with Crippen molar-refractivity contribution in [3.05, 3.63) is 70.0 Å². The van der Waals surface area contributed by atoms with E-state index in [1.54, 1.807) is 6.92 Å². The van der Waals surface area contributed by atoms with Crippen molar-refractivity contribution in [1.82, 2.24) is 5.32 Å². The molecule has 0 aromatic heterocycles. The molecular weight excluding hydrogens is 381 g/mol. The molecule has 3 N–H and O–H groups in total. The predicted molar refractivity (Wildman–Crippen MR) is 107 cm³/mol. The molecule has 1 aliphatic carbocycles. The molecule has 28 heavy (non-hydrogen) atoms. The summed E-state index contributed by atoms with van der Waals surface area (Å²) in [6.45, 7) is 2.17. The van der Waals surface area contributed by atoms with Crippen LogP contribution in [0, 0.1) is 11.7 Å². The summed E-state index contributed by atoms with van der Waals surface area (Å²) in [6, 6.07) is 11.5. The Morgan fingerprint density at radius 3 is 2.75 bits per heavy atom. The maximum absolute atomic E-state index is 13.6. The first-order valence-electron chi connectivity index (χ1n) is 8.97. The number of rotatable bonds is 6. The molecule has 7 heteroatoms. The van der Waals surface area contributed by atoms with Crippen LogP contribution in [0.1, 0.15) is 29.7 Å². The minimum atomic E-state index is -0.699. The smallest absolute Gasteiger partial charge is 0.288 e. The number of carbonyl (C=O) groups excluding carboxylic acids is 2. The van der Waals surface area contributed by atoms with Gasteiger partial charge in [-0.1, -0.05) is 41.9 Å². The number of nitrogens with two attached hydrogens (primary N) is 1. The number of fused-ring (bicyclic) bond motifs is 1. The molecule has 3 rings (SSSR count). The van der Waals surface area contributed by atoms with Crippen LogP contribution in [0.15, 0.2) is 47.5 Å². The van der Waals surface area contributed by atoms with Crippen LogP contribution in [0.3, 0.4) is 0 Å². The Balaban J connectivity index is 1.73. The molecule has 0 saturated carbocycles. The Morgan fingerprint density at radius 2 is 2.04 bits per heavy atom. The summed E-state index contributed by atoms with van der Waals surface area (Å²) < 4.78 is 13.6. The van der Waals surface area contributed by atoms with Gasteiger partial charge in [-0.05, 0) is 42.2 Å². The third-order valence-electron chi connectivity index (χ3n) is 4.81. The largest absolute Gasteiger partial charge is 0.388 e. The summed E-state index contributed by atoms with van der Waals surface area (Å²) in [5.74, 6) is -1.46. The summed E-state index contributed by atoms with van der Waals surface area (Å²) in [7, 11) is 0. The number of aliphatic imine (C=N–C) groups is 1. The number of ketones is 1. The van der Waals surface area contributed by atoms with Crippen LogP contribution in [-0.4, -0.2) is 24.1 Å². The van der Waals surface area contributed by atoms with Crippen LogP contribution in [0.25, 0.3) is 0 Å². The zero-order chi connectivity index (χ0) is 20.3. The Hall–Kier alpha value is -2.73. The van der Waals surface area contributed by atoms with Gasteiger partial charge in [0.15, 0.2) is 0 Å². The average Bonchev–Trinajstić information content (AvgIpc) is 3.00. The number of amidine groups is 1. The first-order valence-corrected chi connectivity index (χ1v) is 9.35. The lowest BCUT2D eigenvalue weighted by atomic mass is 10.00. The molecule has 2 atom stereocenters. The van der Waals surface area contributed by atoms with Gasteiger partial charge in [0.05, 0.1) is 16.9 Å². The highest BCUT2D eigenvalue weighted by Gasteiger charge is 2.34. The number of amides is 1. The van der Waals surface area contributed by atoms with Gasteiger partial charge in [0.2, 0.25) is 5.78 Å². The van der Waals surface area contributed by atoms with Gasteiger partial charge >= 0.3 is 0 Å². The Kier molecular flexibility index (Phi) is 6.09. The van der Waals surface area contributed by atoms with Gasteiger partial charge in [-0.25, -0.2) is 4.39 Å². The first-order chi connectivity index (χ1) is 13.3. The van der Waals surface area contributed by atoms with Gasteiger partial charge in [0.25, 0.3) is 5.91 Å². The summed E-state index contributed by atoms with van der Waals surface area (Å²) >= 11 is 5.65. The third-order valence-corrected chi connectivity index (χ3v) is 5.11. The first kappa shape index (κ1) is 20.0. The maximum Gasteiger partial charge on any atom is 0.288 e. The van der Waals surface area contributed by atoms with Crippen molar-refractivity contribution in [1.29, 1.82) is 0 Å². The highest BCUT2D eigenvalue weighted by atomic mass is 35.5. The maximum atomic E-state index is 13.6. The number of benzene rings is 2. The minimum absolute atomic E-state index is 0.0145. The number of Topliss-reactive ketones (excluding diaryl/α,β-unsaturated/α-hetero) is 1. The zero-order valence-corrected chi connectivity index (χ0v) is 16.2. The molecule has 2 aromatic carbocycles. The molecule has 146 valence electrons. The highest BCUT2D eigenvalue weighted by molar-refractivity contribution is 6.36. The van der Waals surface area contributed by atoms with Crippen molar-refractivity contribution in [2.75, 3.05) is 6.54 Å². The summed E-state index contributed by atoms with van der Waals surface area (Å²) in [5, 5.41) is 2.81. The minimum Gasteiger partial charge on any atom is -0.388 e. The highest BCUT2D eigenvalue weighted by Crippen LogP contribution is 2.36. The lowest BCUT2D eigenvalue weighted by Gasteiger charge is -2.20. The molecule has 1 amide bonds. The van der Waals surface area contributed by atoms with Crippen molar-refractivity contribution < 1.29 is 14.0 Å². The fraction of sp³-hybridized carbons (Fsp3) is 0.286. The summed E-state index contributed by atoms with van der Waals surface area (Å²) in [4.78, 5) is 29.2. The van der Waals surface area contributed by atoms with Gasteiger partial charge in [0.1, 0.15) is 5.82 Å². The number of hydrogen-bond acceptors (Lipinski definition) is 3. The normalized spacial score (nSPS) is 18.6. The van der Waals surface area contributed by atoms with E-state index in [0.29, 0.717) is 17.9 Å². The van der Waals surface area contributed by atoms with E-state index in [1.165, 1.54) is 18.2 Å². The van der Waals surface area contributed by atoms with Gasteiger partial charge in [-0.3, -0.25) is 14.6 Å². The summed E-state index contributed by atoms with van der Waals surface area (Å²) in [5.41, 5.74) is 8.15. The Labute approximate surface area is 167 Å². The van der Waals surface area contributed by atoms with E-state index in [2.05, 4.69) is 10.3 Å². The number of nitrogens with zero attached hydrogens (tertiary/aromatic N) is 1. The number of hydrogen-bond donors (Lipinski definition) is 2. The zero-order valence-electron chi connectivity index (χ0n) is 15.4. The van der Waals surface area contributed by atoms with Gasteiger partial charge < -0.3 is 11.1 Å². The number of carbonyl (C=O) groups is 2. The van der Waals surface area contributed by atoms with Crippen LogP contribution in [0.2, 0.25) is 5.02 Å². The average molecular weight is 402 g/mol. The fourth-order valence-corrected chi connectivity index (χ4v) is 3.56. The van der Waals surface area contributed by atoms with Gasteiger partial charge in [0, 0.05) is 18.9 Å². The second-order valence-electron chi connectivity index (χ2n) is 6.94. The standard InChI is InChI=1S/C21H21ClFN3O2/c1-12(24)25-11-15-10-14-4-2-3-5-16(14)20(15)26-21(28)19(27)9-13-6-7-17(22)18(23)8-13/h2-8,15,20H,9-11H2,1H3,(H2,24,25)(H,26,28)/t15-,20-/m1/s1. The Morgan fingerprint density at radius 1 is 1.29 bits per heavy atom. The molecule has 1 aliphatic rings. The monoisotopic (exact) mass is 401 g/mol.